The lowest BCUT2D eigenvalue weighted by molar-refractivity contribution is 0.0281. The van der Waals surface area contributed by atoms with Gasteiger partial charge < -0.3 is 19.7 Å². The van der Waals surface area contributed by atoms with Crippen molar-refractivity contribution in [3.8, 4) is 5.75 Å². The average Bonchev–Trinajstić information content (AvgIpc) is 2.78. The van der Waals surface area contributed by atoms with E-state index in [2.05, 4.69) is 17.0 Å². The summed E-state index contributed by atoms with van der Waals surface area (Å²) < 4.78 is 39.5. The number of ether oxygens (including phenoxy) is 2. The first-order chi connectivity index (χ1) is 15.2. The fourth-order valence-electron chi connectivity index (χ4n) is 3.53. The zero-order valence-electron chi connectivity index (χ0n) is 18.9. The summed E-state index contributed by atoms with van der Waals surface area (Å²) in [5, 5.41) is 3.43. The van der Waals surface area contributed by atoms with E-state index in [4.69, 9.17) is 9.47 Å². The largest absolute Gasteiger partial charge is 0.491 e. The molecule has 0 spiro atoms. The number of anilines is 1. The van der Waals surface area contributed by atoms with Crippen LogP contribution in [-0.2, 0) is 14.8 Å². The van der Waals surface area contributed by atoms with Crippen molar-refractivity contribution in [2.24, 2.45) is 5.92 Å². The fraction of sp³-hybridized carbons (Fsp3) is 0.435. The van der Waals surface area contributed by atoms with Gasteiger partial charge in [-0.25, -0.2) is 8.42 Å². The molecular weight excluding hydrogens is 430 g/mol. The molecule has 1 heterocycles. The van der Waals surface area contributed by atoms with E-state index in [0.29, 0.717) is 30.2 Å². The predicted molar refractivity (Wildman–Crippen MR) is 124 cm³/mol. The number of carbonyl (C=O) groups is 1. The van der Waals surface area contributed by atoms with Crippen LogP contribution in [0.15, 0.2) is 53.4 Å². The molecular formula is C23H31N3O5S. The van der Waals surface area contributed by atoms with Gasteiger partial charge in [0, 0.05) is 39.4 Å². The van der Waals surface area contributed by atoms with Crippen molar-refractivity contribution in [2.45, 2.75) is 30.9 Å². The number of carbonyl (C=O) groups excluding carboxylic acids is 1. The summed E-state index contributed by atoms with van der Waals surface area (Å²) in [7, 11) is -0.391. The maximum absolute atomic E-state index is 13.2. The minimum atomic E-state index is -3.76. The molecule has 2 aromatic rings. The van der Waals surface area contributed by atoms with Crippen LogP contribution in [0.4, 0.5) is 5.69 Å². The van der Waals surface area contributed by atoms with E-state index in [1.54, 1.807) is 55.5 Å². The van der Waals surface area contributed by atoms with Crippen LogP contribution < -0.4 is 14.8 Å². The first-order valence-corrected chi connectivity index (χ1v) is 12.1. The number of amides is 1. The number of likely N-dealkylation sites (N-methyl/N-ethyl adjacent to an activating group) is 1. The second-order valence-electron chi connectivity index (χ2n) is 8.19. The van der Waals surface area contributed by atoms with E-state index in [1.807, 2.05) is 6.92 Å². The lowest BCUT2D eigenvalue weighted by atomic mass is 10.0. The van der Waals surface area contributed by atoms with Crippen molar-refractivity contribution in [1.29, 1.82) is 0 Å². The number of hydrogen-bond acceptors (Lipinski definition) is 6. The Kier molecular flexibility index (Phi) is 7.76. The molecule has 0 saturated carbocycles. The topological polar surface area (TPSA) is 97.0 Å². The zero-order valence-corrected chi connectivity index (χ0v) is 19.7. The molecule has 32 heavy (non-hydrogen) atoms. The Bertz CT molecular complexity index is 1030. The molecule has 3 rings (SSSR count). The van der Waals surface area contributed by atoms with Crippen LogP contribution >= 0.6 is 0 Å². The van der Waals surface area contributed by atoms with Crippen LogP contribution in [0.25, 0.3) is 0 Å². The lowest BCUT2D eigenvalue weighted by Crippen LogP contribution is -2.44. The van der Waals surface area contributed by atoms with Gasteiger partial charge in [-0.15, -0.1) is 0 Å². The summed E-state index contributed by atoms with van der Waals surface area (Å²) in [6.45, 7) is 5.54. The highest BCUT2D eigenvalue weighted by atomic mass is 32.2. The van der Waals surface area contributed by atoms with Crippen LogP contribution in [-0.4, -0.2) is 65.2 Å². The number of nitrogens with one attached hydrogen (secondary N) is 2. The minimum absolute atomic E-state index is 0.0275. The zero-order chi connectivity index (χ0) is 23.3. The van der Waals surface area contributed by atoms with Gasteiger partial charge in [-0.1, -0.05) is 25.1 Å². The van der Waals surface area contributed by atoms with E-state index in [9.17, 15) is 13.2 Å². The van der Waals surface area contributed by atoms with E-state index < -0.39 is 10.0 Å². The third-order valence-electron chi connectivity index (χ3n) is 5.53. The van der Waals surface area contributed by atoms with Gasteiger partial charge in [0.2, 0.25) is 0 Å². The first-order valence-electron chi connectivity index (χ1n) is 10.6. The van der Waals surface area contributed by atoms with Crippen molar-refractivity contribution >= 4 is 21.6 Å². The van der Waals surface area contributed by atoms with Crippen molar-refractivity contribution in [2.75, 3.05) is 38.6 Å². The van der Waals surface area contributed by atoms with E-state index in [1.165, 1.54) is 12.1 Å². The Morgan fingerprint density at radius 2 is 1.88 bits per heavy atom. The Morgan fingerprint density at radius 1 is 1.16 bits per heavy atom. The highest BCUT2D eigenvalue weighted by Gasteiger charge is 2.26. The molecule has 8 nitrogen and oxygen atoms in total. The van der Waals surface area contributed by atoms with Crippen LogP contribution in [0, 0.1) is 5.92 Å². The summed E-state index contributed by atoms with van der Waals surface area (Å²) in [6, 6.07) is 12.8. The van der Waals surface area contributed by atoms with Gasteiger partial charge in [0.05, 0.1) is 22.3 Å². The number of methoxy groups -OCH3 is 1. The van der Waals surface area contributed by atoms with Crippen molar-refractivity contribution in [3.63, 3.8) is 0 Å². The van der Waals surface area contributed by atoms with Crippen molar-refractivity contribution < 1.29 is 22.7 Å². The third-order valence-corrected chi connectivity index (χ3v) is 6.93. The Balaban J connectivity index is 1.91. The van der Waals surface area contributed by atoms with Crippen molar-refractivity contribution in [3.05, 3.63) is 54.1 Å². The molecule has 1 aliphatic heterocycles. The van der Waals surface area contributed by atoms with Gasteiger partial charge in [-0.05, 0) is 37.1 Å². The van der Waals surface area contributed by atoms with Crippen LogP contribution in [0.2, 0.25) is 0 Å². The Morgan fingerprint density at radius 3 is 2.56 bits per heavy atom. The number of rotatable bonds is 4. The summed E-state index contributed by atoms with van der Waals surface area (Å²) in [5.74, 6) is 0.311. The molecule has 2 aromatic carbocycles. The quantitative estimate of drug-likeness (QED) is 0.727. The molecule has 0 aromatic heterocycles. The van der Waals surface area contributed by atoms with Gasteiger partial charge in [0.15, 0.2) is 0 Å². The number of hydrogen-bond donors (Lipinski definition) is 2. The first kappa shape index (κ1) is 24.0. The van der Waals surface area contributed by atoms with Crippen LogP contribution in [0.5, 0.6) is 5.75 Å². The van der Waals surface area contributed by atoms with Crippen LogP contribution in [0.3, 0.4) is 0 Å². The highest BCUT2D eigenvalue weighted by Crippen LogP contribution is 2.27. The predicted octanol–water partition coefficient (Wildman–Crippen LogP) is 2.58. The Labute approximate surface area is 190 Å². The third kappa shape index (κ3) is 5.79. The van der Waals surface area contributed by atoms with E-state index in [-0.39, 0.29) is 28.9 Å². The van der Waals surface area contributed by atoms with Crippen molar-refractivity contribution in [1.82, 2.24) is 10.2 Å². The molecule has 1 amide bonds. The summed E-state index contributed by atoms with van der Waals surface area (Å²) >= 11 is 0. The molecule has 1 aliphatic rings. The van der Waals surface area contributed by atoms with Gasteiger partial charge in [0.25, 0.3) is 15.9 Å². The van der Waals surface area contributed by atoms with Crippen LogP contribution in [0.1, 0.15) is 24.2 Å². The molecule has 3 atom stereocenters. The Hall–Kier alpha value is -2.62. The number of benzene rings is 2. The van der Waals surface area contributed by atoms with Gasteiger partial charge in [-0.2, -0.15) is 0 Å². The van der Waals surface area contributed by atoms with Gasteiger partial charge in [-0.3, -0.25) is 9.52 Å². The number of fused-ring (bicyclic) bond motifs is 1. The molecule has 0 saturated heterocycles. The van der Waals surface area contributed by atoms with Gasteiger partial charge >= 0.3 is 0 Å². The monoisotopic (exact) mass is 461 g/mol. The molecule has 0 radical (unpaired) electrons. The molecule has 9 heteroatoms. The van der Waals surface area contributed by atoms with E-state index in [0.717, 1.165) is 6.54 Å². The smallest absolute Gasteiger partial charge is 0.261 e. The number of nitrogens with zero attached hydrogens (tertiary/aromatic N) is 1. The molecule has 0 bridgehead atoms. The van der Waals surface area contributed by atoms with Gasteiger partial charge in [0.1, 0.15) is 12.4 Å². The fourth-order valence-corrected chi connectivity index (χ4v) is 4.60. The second-order valence-corrected chi connectivity index (χ2v) is 9.87. The lowest BCUT2D eigenvalue weighted by Gasteiger charge is -2.30. The van der Waals surface area contributed by atoms with E-state index >= 15 is 0 Å². The highest BCUT2D eigenvalue weighted by molar-refractivity contribution is 7.92. The minimum Gasteiger partial charge on any atom is -0.491 e. The standard InChI is InChI=1S/C23H31N3O5S/c1-16-13-24-17(2)15-31-21-12-18(25-32(28,29)19-8-6-5-7-9-19)10-11-20(21)23(27)26(3)14-22(16)30-4/h5-12,16-17,22,24-25H,13-15H2,1-4H3/t16-,17+,22-/m0/s1. The molecule has 174 valence electrons. The molecule has 2 N–H and O–H groups in total. The second kappa shape index (κ2) is 10.3. The number of sulfonamides is 1. The molecule has 0 unspecified atom stereocenters. The normalized spacial score (nSPS) is 22.8. The summed E-state index contributed by atoms with van der Waals surface area (Å²) in [6.07, 6.45) is -0.121. The maximum atomic E-state index is 13.2. The molecule has 0 aliphatic carbocycles. The maximum Gasteiger partial charge on any atom is 0.261 e. The molecule has 0 fully saturated rings. The summed E-state index contributed by atoms with van der Waals surface area (Å²) in [5.41, 5.74) is 0.685. The average molecular weight is 462 g/mol. The SMILES string of the molecule is CO[C@H]1CN(C)C(=O)c2ccc(NS(=O)(=O)c3ccccc3)cc2OC[C@@H](C)NC[C@@H]1C. The summed E-state index contributed by atoms with van der Waals surface area (Å²) in [4.78, 5) is 14.9.